The van der Waals surface area contributed by atoms with Crippen LogP contribution in [-0.2, 0) is 24.8 Å². The maximum absolute atomic E-state index is 13.4. The van der Waals surface area contributed by atoms with E-state index in [4.69, 9.17) is 5.11 Å². The summed E-state index contributed by atoms with van der Waals surface area (Å²) in [4.78, 5) is 10.7. The molecule has 0 spiro atoms. The van der Waals surface area contributed by atoms with Gasteiger partial charge in [0.05, 0.1) is 17.6 Å². The molecule has 0 fully saturated rings. The molecule has 0 aliphatic carbocycles. The molecule has 21 heavy (non-hydrogen) atoms. The third kappa shape index (κ3) is 4.86. The van der Waals surface area contributed by atoms with Crippen molar-refractivity contribution < 1.29 is 31.1 Å². The van der Waals surface area contributed by atoms with E-state index < -0.39 is 42.8 Å². The lowest BCUT2D eigenvalue weighted by molar-refractivity contribution is -0.136. The first-order valence-electron chi connectivity index (χ1n) is 5.44. The first-order chi connectivity index (χ1) is 9.42. The van der Waals surface area contributed by atoms with E-state index >= 15 is 0 Å². The van der Waals surface area contributed by atoms with Gasteiger partial charge in [-0.05, 0) is 25.1 Å². The molecule has 1 aromatic carbocycles. The number of nitrogens with one attached hydrogen (secondary N) is 2. The maximum atomic E-state index is 13.4. The van der Waals surface area contributed by atoms with Crippen LogP contribution in [0.3, 0.4) is 0 Å². The van der Waals surface area contributed by atoms with Crippen molar-refractivity contribution in [3.8, 4) is 0 Å². The summed E-state index contributed by atoms with van der Waals surface area (Å²) in [5, 5.41) is 6.95. The fourth-order valence-corrected chi connectivity index (χ4v) is 2.71. The number of sulfonamides is 2. The zero-order valence-corrected chi connectivity index (χ0v) is 12.6. The molecule has 3 N–H and O–H groups in total. The molecular formula is C10H13FN2O6S2. The van der Waals surface area contributed by atoms with Crippen molar-refractivity contribution >= 4 is 37.4 Å². The van der Waals surface area contributed by atoms with Crippen LogP contribution >= 0.6 is 0 Å². The molecular weight excluding hydrogens is 327 g/mol. The molecule has 11 heteroatoms. The second-order valence-electron chi connectivity index (χ2n) is 4.20. The molecule has 1 aromatic rings. The smallest absolute Gasteiger partial charge is 0.323 e. The summed E-state index contributed by atoms with van der Waals surface area (Å²) in [6.45, 7) is 0.962. The van der Waals surface area contributed by atoms with Gasteiger partial charge in [-0.2, -0.15) is 0 Å². The maximum Gasteiger partial charge on any atom is 0.323 e. The van der Waals surface area contributed by atoms with Crippen LogP contribution < -0.4 is 9.44 Å². The summed E-state index contributed by atoms with van der Waals surface area (Å²) in [6.07, 6.45) is 0.801. The van der Waals surface area contributed by atoms with Crippen LogP contribution in [0.1, 0.15) is 6.92 Å². The number of hydrogen-bond donors (Lipinski definition) is 3. The molecule has 1 rings (SSSR count). The quantitative estimate of drug-likeness (QED) is 0.688. The number of halogens is 1. The number of aliphatic carboxylic acids is 1. The number of anilines is 2. The van der Waals surface area contributed by atoms with Crippen molar-refractivity contribution in [2.24, 2.45) is 0 Å². The molecule has 0 heterocycles. The zero-order chi connectivity index (χ0) is 16.4. The minimum absolute atomic E-state index is 0.171. The number of benzene rings is 1. The van der Waals surface area contributed by atoms with E-state index in [1.807, 2.05) is 9.44 Å². The number of carboxylic acids is 1. The molecule has 118 valence electrons. The minimum atomic E-state index is -4.24. The summed E-state index contributed by atoms with van der Waals surface area (Å²) in [6, 6.07) is 2.79. The highest BCUT2D eigenvalue weighted by Crippen LogP contribution is 2.22. The lowest BCUT2D eigenvalue weighted by Crippen LogP contribution is -2.32. The summed E-state index contributed by atoms with van der Waals surface area (Å²) in [7, 11) is -7.99. The van der Waals surface area contributed by atoms with Crippen LogP contribution in [0.5, 0.6) is 0 Å². The van der Waals surface area contributed by atoms with E-state index in [9.17, 15) is 26.0 Å². The molecule has 0 amide bonds. The Bertz CT molecular complexity index is 760. The Balaban J connectivity index is 3.12. The van der Waals surface area contributed by atoms with Gasteiger partial charge in [-0.3, -0.25) is 14.2 Å². The lowest BCUT2D eigenvalue weighted by atomic mass is 10.3. The van der Waals surface area contributed by atoms with E-state index in [0.717, 1.165) is 31.4 Å². The van der Waals surface area contributed by atoms with Crippen LogP contribution in [0.15, 0.2) is 18.2 Å². The van der Waals surface area contributed by atoms with Gasteiger partial charge >= 0.3 is 5.97 Å². The fourth-order valence-electron chi connectivity index (χ4n) is 1.25. The summed E-state index contributed by atoms with van der Waals surface area (Å²) >= 11 is 0. The van der Waals surface area contributed by atoms with Crippen LogP contribution in [0, 0.1) is 5.82 Å². The summed E-state index contributed by atoms with van der Waals surface area (Å²) in [5.41, 5.74) is -0.628. The molecule has 0 aromatic heterocycles. The highest BCUT2D eigenvalue weighted by Gasteiger charge is 2.27. The number of carboxylic acid groups (broad SMARTS) is 1. The van der Waals surface area contributed by atoms with Crippen molar-refractivity contribution in [1.82, 2.24) is 0 Å². The second kappa shape index (κ2) is 5.85. The van der Waals surface area contributed by atoms with Crippen molar-refractivity contribution in [3.63, 3.8) is 0 Å². The Morgan fingerprint density at radius 3 is 2.29 bits per heavy atom. The van der Waals surface area contributed by atoms with Crippen molar-refractivity contribution in [1.29, 1.82) is 0 Å². The van der Waals surface area contributed by atoms with Crippen LogP contribution in [0.25, 0.3) is 0 Å². The van der Waals surface area contributed by atoms with Crippen molar-refractivity contribution in [2.75, 3.05) is 15.7 Å². The zero-order valence-electron chi connectivity index (χ0n) is 11.0. The van der Waals surface area contributed by atoms with Crippen LogP contribution in [0.2, 0.25) is 0 Å². The van der Waals surface area contributed by atoms with E-state index in [0.29, 0.717) is 0 Å². The molecule has 0 aliphatic rings. The van der Waals surface area contributed by atoms with Crippen molar-refractivity contribution in [2.45, 2.75) is 12.2 Å². The first kappa shape index (κ1) is 17.2. The third-order valence-corrected chi connectivity index (χ3v) is 4.58. The summed E-state index contributed by atoms with van der Waals surface area (Å²) in [5.74, 6) is -2.46. The fraction of sp³-hybridized carbons (Fsp3) is 0.300. The molecule has 0 saturated heterocycles. The predicted octanol–water partition coefficient (Wildman–Crippen LogP) is 0.412. The van der Waals surface area contributed by atoms with Gasteiger partial charge in [0.1, 0.15) is 5.82 Å². The van der Waals surface area contributed by atoms with Gasteiger partial charge in [-0.25, -0.2) is 21.2 Å². The summed E-state index contributed by atoms with van der Waals surface area (Å²) < 4.78 is 62.7. The van der Waals surface area contributed by atoms with Gasteiger partial charge < -0.3 is 5.11 Å². The highest BCUT2D eigenvalue weighted by atomic mass is 32.2. The Hall–Kier alpha value is -1.88. The molecule has 0 saturated carbocycles. The minimum Gasteiger partial charge on any atom is -0.480 e. The van der Waals surface area contributed by atoms with E-state index in [1.165, 1.54) is 0 Å². The molecule has 8 nitrogen and oxygen atoms in total. The third-order valence-electron chi connectivity index (χ3n) is 2.34. The Kier molecular flexibility index (Phi) is 4.79. The van der Waals surface area contributed by atoms with E-state index in [1.54, 1.807) is 0 Å². The van der Waals surface area contributed by atoms with E-state index in [2.05, 4.69) is 0 Å². The average molecular weight is 340 g/mol. The highest BCUT2D eigenvalue weighted by molar-refractivity contribution is 7.94. The predicted molar refractivity (Wildman–Crippen MR) is 74.5 cm³/mol. The number of hydrogen-bond acceptors (Lipinski definition) is 5. The Morgan fingerprint density at radius 2 is 1.81 bits per heavy atom. The topological polar surface area (TPSA) is 130 Å². The molecule has 0 radical (unpaired) electrons. The Morgan fingerprint density at radius 1 is 1.24 bits per heavy atom. The molecule has 1 atom stereocenters. The van der Waals surface area contributed by atoms with Gasteiger partial charge in [0.2, 0.25) is 20.0 Å². The first-order valence-corrected chi connectivity index (χ1v) is 8.88. The normalized spacial score (nSPS) is 13.5. The number of rotatable bonds is 6. The van der Waals surface area contributed by atoms with Crippen LogP contribution in [0.4, 0.5) is 15.8 Å². The molecule has 1 unspecified atom stereocenters. The van der Waals surface area contributed by atoms with Gasteiger partial charge in [0.25, 0.3) is 0 Å². The standard InChI is InChI=1S/C10H13FN2O6S2/c1-6(10(14)15)21(18,19)12-7-3-4-8(11)9(5-7)13-20(2,16)17/h3-6,12-13H,1-2H3,(H,14,15). The van der Waals surface area contributed by atoms with Gasteiger partial charge in [0, 0.05) is 0 Å². The monoisotopic (exact) mass is 340 g/mol. The SMILES string of the molecule is CC(C(=O)O)S(=O)(=O)Nc1ccc(F)c(NS(C)(=O)=O)c1. The molecule has 0 bridgehead atoms. The number of carbonyl (C=O) groups is 1. The Labute approximate surface area is 121 Å². The van der Waals surface area contributed by atoms with Crippen molar-refractivity contribution in [3.05, 3.63) is 24.0 Å². The van der Waals surface area contributed by atoms with E-state index in [-0.39, 0.29) is 5.69 Å². The van der Waals surface area contributed by atoms with Crippen LogP contribution in [-0.4, -0.2) is 39.4 Å². The van der Waals surface area contributed by atoms with Gasteiger partial charge in [-0.1, -0.05) is 0 Å². The average Bonchev–Trinajstić information content (AvgIpc) is 2.30. The largest absolute Gasteiger partial charge is 0.480 e. The van der Waals surface area contributed by atoms with Gasteiger partial charge in [-0.15, -0.1) is 0 Å². The lowest BCUT2D eigenvalue weighted by Gasteiger charge is -2.13. The second-order valence-corrected chi connectivity index (χ2v) is 7.95. The van der Waals surface area contributed by atoms with Gasteiger partial charge in [0.15, 0.2) is 5.25 Å². The molecule has 0 aliphatic heterocycles.